The number of nitrogens with zero attached hydrogens (tertiary/aromatic N) is 10. The van der Waals surface area contributed by atoms with Crippen molar-refractivity contribution in [3.8, 4) is 22.8 Å². The summed E-state index contributed by atoms with van der Waals surface area (Å²) in [6.45, 7) is 8.56. The third-order valence-electron chi connectivity index (χ3n) is 8.33. The number of aliphatic imine (C=N–C) groups is 2. The average Bonchev–Trinajstić information content (AvgIpc) is 4.01. The molecular formula is C36H44N12O4. The monoisotopic (exact) mass is 708 g/mol. The van der Waals surface area contributed by atoms with E-state index in [9.17, 15) is 9.59 Å². The predicted molar refractivity (Wildman–Crippen MR) is 197 cm³/mol. The number of carbonyl (C=O) groups excluding carboxylic acids is 2. The summed E-state index contributed by atoms with van der Waals surface area (Å²) in [5.41, 5.74) is 2.64. The van der Waals surface area contributed by atoms with Crippen LogP contribution in [-0.2, 0) is 32.4 Å². The lowest BCUT2D eigenvalue weighted by molar-refractivity contribution is -0.141. The van der Waals surface area contributed by atoms with E-state index in [-0.39, 0.29) is 13.1 Å². The zero-order chi connectivity index (χ0) is 36.1. The van der Waals surface area contributed by atoms with Crippen molar-refractivity contribution in [1.29, 1.82) is 0 Å². The number of aromatic nitrogens is 6. The van der Waals surface area contributed by atoms with Crippen molar-refractivity contribution in [2.45, 2.75) is 52.6 Å². The van der Waals surface area contributed by atoms with Crippen molar-refractivity contribution in [2.24, 2.45) is 9.98 Å². The van der Waals surface area contributed by atoms with Gasteiger partial charge in [0.2, 0.25) is 0 Å². The molecule has 16 heteroatoms. The van der Waals surface area contributed by atoms with Crippen LogP contribution in [0.1, 0.15) is 39.5 Å². The van der Waals surface area contributed by atoms with Gasteiger partial charge in [-0.25, -0.2) is 28.9 Å². The van der Waals surface area contributed by atoms with E-state index in [2.05, 4.69) is 54.6 Å². The molecule has 4 heterocycles. The molecule has 0 fully saturated rings. The lowest BCUT2D eigenvalue weighted by Gasteiger charge is -2.25. The molecule has 4 aromatic rings. The maximum atomic E-state index is 13.4. The number of hydrogen-bond acceptors (Lipinski definition) is 14. The Morgan fingerprint density at radius 3 is 1.56 bits per heavy atom. The fraction of sp³-hybridized carbons (Fsp3) is 0.389. The molecule has 0 spiro atoms. The molecule has 52 heavy (non-hydrogen) atoms. The first-order valence-electron chi connectivity index (χ1n) is 17.7. The lowest BCUT2D eigenvalue weighted by Crippen LogP contribution is -2.37. The predicted octanol–water partition coefficient (Wildman–Crippen LogP) is 3.59. The van der Waals surface area contributed by atoms with Crippen LogP contribution in [0.4, 0.5) is 11.4 Å². The van der Waals surface area contributed by atoms with Crippen LogP contribution in [0.15, 0.2) is 83.3 Å². The molecule has 0 bridgehead atoms. The van der Waals surface area contributed by atoms with Crippen molar-refractivity contribution in [3.05, 3.63) is 73.3 Å². The van der Waals surface area contributed by atoms with E-state index in [1.165, 1.54) is 22.8 Å². The molecule has 16 nitrogen and oxygen atoms in total. The molecule has 0 saturated heterocycles. The fourth-order valence-corrected chi connectivity index (χ4v) is 5.77. The lowest BCUT2D eigenvalue weighted by atomic mass is 10.1. The zero-order valence-electron chi connectivity index (χ0n) is 29.5. The molecule has 6 rings (SSSR count). The second-order valence-corrected chi connectivity index (χ2v) is 12.1. The van der Waals surface area contributed by atoms with Crippen LogP contribution in [0.3, 0.4) is 0 Å². The summed E-state index contributed by atoms with van der Waals surface area (Å²) in [7, 11) is 0. The van der Waals surface area contributed by atoms with Gasteiger partial charge in [0.05, 0.1) is 24.5 Å². The van der Waals surface area contributed by atoms with Gasteiger partial charge in [-0.05, 0) is 37.1 Å². The van der Waals surface area contributed by atoms with E-state index in [1.54, 1.807) is 0 Å². The number of amidine groups is 2. The van der Waals surface area contributed by atoms with Crippen LogP contribution in [-0.4, -0.2) is 92.4 Å². The number of aryl methyl sites for hydroxylation is 2. The number of benzene rings is 2. The summed E-state index contributed by atoms with van der Waals surface area (Å²) in [5.74, 6) is 1.07. The van der Waals surface area contributed by atoms with Gasteiger partial charge in [-0.3, -0.25) is 9.98 Å². The van der Waals surface area contributed by atoms with Gasteiger partial charge in [0.15, 0.2) is 11.6 Å². The minimum absolute atomic E-state index is 0.159. The Hall–Kier alpha value is -6.06. The van der Waals surface area contributed by atoms with E-state index >= 15 is 0 Å². The summed E-state index contributed by atoms with van der Waals surface area (Å²) in [6.07, 6.45) is 9.00. The minimum atomic E-state index is -0.782. The number of hydroxylamine groups is 2. The van der Waals surface area contributed by atoms with Crippen molar-refractivity contribution in [2.75, 3.05) is 49.4 Å². The standard InChI is InChI=1S/C36H44N12O4/c1-3-5-21-45-35(41-25-43-45)27-11-7-9-13-29(27)47(23-31-37-17-18-38-31)51-33(49)15-16-34(50)52-48(24-32-39-19-20-40-32)30-14-10-8-12-28(30)36-42-26-44-46(36)22-6-4-2/h7-16,25-26H,3-6,17-24H2,1-2H3,(H,37,38)(H,39,40)/b16-15+. The third-order valence-corrected chi connectivity index (χ3v) is 8.33. The van der Waals surface area contributed by atoms with Crippen molar-refractivity contribution >= 4 is 35.0 Å². The molecule has 2 aliphatic rings. The fourth-order valence-electron chi connectivity index (χ4n) is 5.77. The van der Waals surface area contributed by atoms with Gasteiger partial charge in [-0.2, -0.15) is 20.3 Å². The van der Waals surface area contributed by atoms with Crippen LogP contribution in [0.25, 0.3) is 22.8 Å². The van der Waals surface area contributed by atoms with Crippen LogP contribution >= 0.6 is 0 Å². The molecule has 2 aromatic heterocycles. The highest BCUT2D eigenvalue weighted by Gasteiger charge is 2.24. The second-order valence-electron chi connectivity index (χ2n) is 12.1. The molecule has 2 aliphatic heterocycles. The van der Waals surface area contributed by atoms with Crippen LogP contribution in [0, 0.1) is 0 Å². The van der Waals surface area contributed by atoms with Crippen molar-refractivity contribution in [3.63, 3.8) is 0 Å². The molecule has 0 amide bonds. The number of anilines is 2. The Bertz CT molecular complexity index is 1780. The van der Waals surface area contributed by atoms with Crippen LogP contribution < -0.4 is 20.8 Å². The van der Waals surface area contributed by atoms with Gasteiger partial charge in [0, 0.05) is 49.5 Å². The summed E-state index contributed by atoms with van der Waals surface area (Å²) in [6, 6.07) is 15.0. The van der Waals surface area contributed by atoms with Crippen LogP contribution in [0.5, 0.6) is 0 Å². The van der Waals surface area contributed by atoms with Crippen molar-refractivity contribution in [1.82, 2.24) is 40.2 Å². The topological polar surface area (TPSA) is 169 Å². The summed E-state index contributed by atoms with van der Waals surface area (Å²) < 4.78 is 3.68. The Morgan fingerprint density at radius 2 is 1.15 bits per heavy atom. The second kappa shape index (κ2) is 17.7. The Balaban J connectivity index is 1.22. The molecule has 2 aromatic carbocycles. The highest BCUT2D eigenvalue weighted by Crippen LogP contribution is 2.31. The highest BCUT2D eigenvalue weighted by atomic mass is 16.7. The SMILES string of the molecule is CCCCn1ncnc1-c1ccccc1N(CC1=NCCN1)OC(=O)/C=C/C(=O)ON(CC1=NCCN1)c1ccccc1-c1ncnn1CCCC. The van der Waals surface area contributed by atoms with Gasteiger partial charge in [-0.15, -0.1) is 0 Å². The van der Waals surface area contributed by atoms with Gasteiger partial charge in [0.25, 0.3) is 0 Å². The maximum absolute atomic E-state index is 13.4. The quantitative estimate of drug-likeness (QED) is 0.114. The smallest absolute Gasteiger partial charge is 0.356 e. The van der Waals surface area contributed by atoms with Crippen LogP contribution in [0.2, 0.25) is 0 Å². The molecule has 0 atom stereocenters. The number of nitrogens with one attached hydrogen (secondary N) is 2. The first kappa shape index (κ1) is 35.8. The Labute approximate surface area is 302 Å². The number of carbonyl (C=O) groups is 2. The average molecular weight is 709 g/mol. The Morgan fingerprint density at radius 1 is 0.712 bits per heavy atom. The van der Waals surface area contributed by atoms with E-state index in [4.69, 9.17) is 9.68 Å². The van der Waals surface area contributed by atoms with E-state index < -0.39 is 11.9 Å². The molecular weight excluding hydrogens is 664 g/mol. The van der Waals surface area contributed by atoms with Gasteiger partial charge in [-0.1, -0.05) is 51.0 Å². The third kappa shape index (κ3) is 8.99. The normalized spacial score (nSPS) is 13.7. The maximum Gasteiger partial charge on any atom is 0.356 e. The molecule has 0 radical (unpaired) electrons. The highest BCUT2D eigenvalue weighted by molar-refractivity contribution is 5.95. The van der Waals surface area contributed by atoms with Crippen molar-refractivity contribution < 1.29 is 19.3 Å². The summed E-state index contributed by atoms with van der Waals surface area (Å²) in [4.78, 5) is 56.5. The van der Waals surface area contributed by atoms with E-state index in [0.717, 1.165) is 49.0 Å². The molecule has 0 saturated carbocycles. The van der Waals surface area contributed by atoms with Gasteiger partial charge >= 0.3 is 11.9 Å². The summed E-state index contributed by atoms with van der Waals surface area (Å²) in [5, 5.41) is 18.2. The number of para-hydroxylation sites is 2. The van der Waals surface area contributed by atoms with E-state index in [1.807, 2.05) is 57.9 Å². The van der Waals surface area contributed by atoms with Gasteiger partial charge < -0.3 is 20.3 Å². The minimum Gasteiger partial charge on any atom is -0.370 e. The number of rotatable bonds is 18. The van der Waals surface area contributed by atoms with E-state index in [0.29, 0.717) is 74.0 Å². The first-order valence-corrected chi connectivity index (χ1v) is 17.7. The molecule has 272 valence electrons. The zero-order valence-corrected chi connectivity index (χ0v) is 29.5. The molecule has 2 N–H and O–H groups in total. The summed E-state index contributed by atoms with van der Waals surface area (Å²) >= 11 is 0. The molecule has 0 aliphatic carbocycles. The largest absolute Gasteiger partial charge is 0.370 e. The first-order chi connectivity index (χ1) is 25.5. The Kier molecular flexibility index (Phi) is 12.2. The van der Waals surface area contributed by atoms with Gasteiger partial charge in [0.1, 0.15) is 37.4 Å². The molecule has 0 unspecified atom stereocenters. The number of hydrogen-bond donors (Lipinski definition) is 2. The number of unbranched alkanes of at least 4 members (excludes halogenated alkanes) is 2.